The Labute approximate surface area is 151 Å². The lowest BCUT2D eigenvalue weighted by Crippen LogP contribution is -2.32. The third-order valence-corrected chi connectivity index (χ3v) is 4.76. The number of benzene rings is 2. The number of aliphatic hydroxyl groups is 1. The van der Waals surface area contributed by atoms with Crippen molar-refractivity contribution >= 4 is 5.91 Å². The largest absolute Gasteiger partial charge is 0.396 e. The van der Waals surface area contributed by atoms with Crippen LogP contribution in [-0.2, 0) is 0 Å². The molecule has 0 radical (unpaired) electrons. The number of aromatic nitrogens is 3. The molecule has 26 heavy (non-hydrogen) atoms. The molecule has 0 bridgehead atoms. The van der Waals surface area contributed by atoms with Crippen molar-refractivity contribution < 1.29 is 9.90 Å². The van der Waals surface area contributed by atoms with Crippen LogP contribution in [-0.4, -0.2) is 38.9 Å². The highest BCUT2D eigenvalue weighted by atomic mass is 16.3. The lowest BCUT2D eigenvalue weighted by Gasteiger charge is -2.11. The van der Waals surface area contributed by atoms with Gasteiger partial charge in [-0.3, -0.25) is 4.79 Å². The average Bonchev–Trinajstić information content (AvgIpc) is 3.35. The van der Waals surface area contributed by atoms with Gasteiger partial charge in [0, 0.05) is 17.5 Å². The van der Waals surface area contributed by atoms with Crippen LogP contribution in [0.2, 0.25) is 0 Å². The highest BCUT2D eigenvalue weighted by Crippen LogP contribution is 2.44. The summed E-state index contributed by atoms with van der Waals surface area (Å²) in [4.78, 5) is 17.0. The molecule has 1 aromatic heterocycles. The highest BCUT2D eigenvalue weighted by Gasteiger charge is 2.42. The van der Waals surface area contributed by atoms with E-state index in [4.69, 9.17) is 0 Å². The van der Waals surface area contributed by atoms with Gasteiger partial charge >= 0.3 is 0 Å². The van der Waals surface area contributed by atoms with Crippen LogP contribution in [0.1, 0.15) is 23.5 Å². The molecular formula is C20H20N4O2. The van der Waals surface area contributed by atoms with Crippen molar-refractivity contribution in [3.8, 4) is 17.1 Å². The molecule has 1 saturated carbocycles. The Kier molecular flexibility index (Phi) is 4.26. The van der Waals surface area contributed by atoms with E-state index in [1.54, 1.807) is 4.68 Å². The van der Waals surface area contributed by atoms with Crippen LogP contribution in [0, 0.1) is 5.41 Å². The molecule has 2 N–H and O–H groups in total. The number of para-hydroxylation sites is 1. The Balaban J connectivity index is 1.66. The summed E-state index contributed by atoms with van der Waals surface area (Å²) in [5.74, 6) is 0.420. The van der Waals surface area contributed by atoms with E-state index in [9.17, 15) is 9.90 Å². The van der Waals surface area contributed by atoms with E-state index in [1.165, 1.54) is 0 Å². The molecule has 2 aromatic carbocycles. The van der Waals surface area contributed by atoms with Crippen molar-refractivity contribution in [2.45, 2.75) is 12.8 Å². The Morgan fingerprint density at radius 2 is 1.73 bits per heavy atom. The molecule has 4 rings (SSSR count). The standard InChI is InChI=1S/C20H20N4O2/c25-14-20(11-12-20)13-21-19(26)17-22-18(15-7-3-1-4-8-15)24(23-17)16-9-5-2-6-10-16/h1-10,25H,11-14H2,(H,21,26). The van der Waals surface area contributed by atoms with Crippen molar-refractivity contribution in [1.82, 2.24) is 20.1 Å². The van der Waals surface area contributed by atoms with Crippen LogP contribution in [0.4, 0.5) is 0 Å². The summed E-state index contributed by atoms with van der Waals surface area (Å²) < 4.78 is 1.68. The van der Waals surface area contributed by atoms with Gasteiger partial charge < -0.3 is 10.4 Å². The zero-order valence-electron chi connectivity index (χ0n) is 14.3. The van der Waals surface area contributed by atoms with Crippen LogP contribution in [0.15, 0.2) is 60.7 Å². The van der Waals surface area contributed by atoms with Crippen molar-refractivity contribution in [2.75, 3.05) is 13.2 Å². The minimum atomic E-state index is -0.323. The number of carbonyl (C=O) groups is 1. The first-order valence-corrected chi connectivity index (χ1v) is 8.68. The maximum atomic E-state index is 12.5. The fourth-order valence-electron chi connectivity index (χ4n) is 2.85. The molecule has 0 atom stereocenters. The molecule has 0 unspecified atom stereocenters. The second kappa shape index (κ2) is 6.72. The number of nitrogens with one attached hydrogen (secondary N) is 1. The number of carbonyl (C=O) groups excluding carboxylic acids is 1. The van der Waals surface area contributed by atoms with Gasteiger partial charge in [-0.1, -0.05) is 48.5 Å². The van der Waals surface area contributed by atoms with Gasteiger partial charge in [0.1, 0.15) is 0 Å². The van der Waals surface area contributed by atoms with Crippen molar-refractivity contribution in [2.24, 2.45) is 5.41 Å². The van der Waals surface area contributed by atoms with Gasteiger partial charge in [0.25, 0.3) is 5.91 Å². The molecule has 3 aromatic rings. The summed E-state index contributed by atoms with van der Waals surface area (Å²) in [5, 5.41) is 16.7. The Morgan fingerprint density at radius 3 is 2.35 bits per heavy atom. The smallest absolute Gasteiger partial charge is 0.291 e. The van der Waals surface area contributed by atoms with Crippen LogP contribution in [0.3, 0.4) is 0 Å². The number of rotatable bonds is 6. The van der Waals surface area contributed by atoms with Gasteiger partial charge in [-0.05, 0) is 25.0 Å². The summed E-state index contributed by atoms with van der Waals surface area (Å²) in [6.45, 7) is 0.539. The first-order valence-electron chi connectivity index (χ1n) is 8.68. The molecule has 1 aliphatic carbocycles. The number of amides is 1. The average molecular weight is 348 g/mol. The summed E-state index contributed by atoms with van der Waals surface area (Å²) in [6.07, 6.45) is 1.87. The lowest BCUT2D eigenvalue weighted by atomic mass is 10.1. The lowest BCUT2D eigenvalue weighted by molar-refractivity contribution is 0.0925. The number of nitrogens with zero attached hydrogens (tertiary/aromatic N) is 3. The summed E-state index contributed by atoms with van der Waals surface area (Å²) in [6, 6.07) is 19.3. The fourth-order valence-corrected chi connectivity index (χ4v) is 2.85. The van der Waals surface area contributed by atoms with Gasteiger partial charge in [-0.25, -0.2) is 9.67 Å². The highest BCUT2D eigenvalue weighted by molar-refractivity contribution is 5.91. The van der Waals surface area contributed by atoms with Gasteiger partial charge in [0.05, 0.1) is 12.3 Å². The SMILES string of the molecule is O=C(NCC1(CO)CC1)c1nc(-c2ccccc2)n(-c2ccccc2)n1. The molecule has 6 nitrogen and oxygen atoms in total. The molecule has 1 fully saturated rings. The first-order chi connectivity index (χ1) is 12.7. The van der Waals surface area contributed by atoms with E-state index in [1.807, 2.05) is 60.7 Å². The van der Waals surface area contributed by atoms with Crippen molar-refractivity contribution in [1.29, 1.82) is 0 Å². The molecule has 132 valence electrons. The normalized spacial score (nSPS) is 14.8. The molecule has 6 heteroatoms. The maximum Gasteiger partial charge on any atom is 0.291 e. The Morgan fingerprint density at radius 1 is 1.08 bits per heavy atom. The fraction of sp³-hybridized carbons (Fsp3) is 0.250. The predicted molar refractivity (Wildman–Crippen MR) is 97.9 cm³/mol. The van der Waals surface area contributed by atoms with E-state index in [0.29, 0.717) is 12.4 Å². The van der Waals surface area contributed by atoms with Crippen LogP contribution < -0.4 is 5.32 Å². The van der Waals surface area contributed by atoms with E-state index < -0.39 is 0 Å². The Bertz CT molecular complexity index is 845. The van der Waals surface area contributed by atoms with Crippen LogP contribution in [0.25, 0.3) is 17.1 Å². The van der Waals surface area contributed by atoms with Crippen LogP contribution >= 0.6 is 0 Å². The second-order valence-electron chi connectivity index (χ2n) is 6.71. The minimum absolute atomic E-state index is 0.0917. The predicted octanol–water partition coefficient (Wildman–Crippen LogP) is 2.44. The monoisotopic (exact) mass is 348 g/mol. The van der Waals surface area contributed by atoms with Crippen molar-refractivity contribution in [3.05, 3.63) is 66.5 Å². The van der Waals surface area contributed by atoms with Gasteiger partial charge in [-0.2, -0.15) is 0 Å². The quantitative estimate of drug-likeness (QED) is 0.717. The van der Waals surface area contributed by atoms with E-state index in [2.05, 4.69) is 15.4 Å². The minimum Gasteiger partial charge on any atom is -0.396 e. The number of aliphatic hydroxyl groups excluding tert-OH is 1. The second-order valence-corrected chi connectivity index (χ2v) is 6.71. The molecule has 0 spiro atoms. The van der Waals surface area contributed by atoms with Gasteiger partial charge in [0.2, 0.25) is 5.82 Å². The van der Waals surface area contributed by atoms with E-state index in [-0.39, 0.29) is 23.8 Å². The van der Waals surface area contributed by atoms with E-state index >= 15 is 0 Å². The first kappa shape index (κ1) is 16.5. The zero-order valence-corrected chi connectivity index (χ0v) is 14.3. The Hall–Kier alpha value is -2.99. The molecule has 1 aliphatic rings. The third kappa shape index (κ3) is 3.23. The van der Waals surface area contributed by atoms with Crippen molar-refractivity contribution in [3.63, 3.8) is 0 Å². The topological polar surface area (TPSA) is 80.0 Å². The van der Waals surface area contributed by atoms with E-state index in [0.717, 1.165) is 24.1 Å². The summed E-state index contributed by atoms with van der Waals surface area (Å²) in [7, 11) is 0. The molecule has 0 aliphatic heterocycles. The number of hydrogen-bond donors (Lipinski definition) is 2. The maximum absolute atomic E-state index is 12.5. The molecule has 1 heterocycles. The van der Waals surface area contributed by atoms with Gasteiger partial charge in [-0.15, -0.1) is 5.10 Å². The summed E-state index contributed by atoms with van der Waals surface area (Å²) >= 11 is 0. The molecule has 0 saturated heterocycles. The van der Waals surface area contributed by atoms with Crippen LogP contribution in [0.5, 0.6) is 0 Å². The third-order valence-electron chi connectivity index (χ3n) is 4.76. The number of hydrogen-bond acceptors (Lipinski definition) is 4. The van der Waals surface area contributed by atoms with Gasteiger partial charge in [0.15, 0.2) is 5.82 Å². The zero-order chi connectivity index (χ0) is 18.0. The summed E-state index contributed by atoms with van der Waals surface area (Å²) in [5.41, 5.74) is 1.57. The molecule has 1 amide bonds. The molecular weight excluding hydrogens is 328 g/mol.